The van der Waals surface area contributed by atoms with E-state index in [1.807, 2.05) is 0 Å². The zero-order valence-corrected chi connectivity index (χ0v) is 11.2. The number of carbonyl (C=O) groups excluding carboxylic acids is 1. The second-order valence-electron chi connectivity index (χ2n) is 5.00. The molecule has 0 aromatic rings. The molecule has 6 heteroatoms. The van der Waals surface area contributed by atoms with Crippen molar-refractivity contribution in [2.75, 3.05) is 24.6 Å². The summed E-state index contributed by atoms with van der Waals surface area (Å²) in [5, 5.41) is 11.5. The number of piperidine rings is 1. The van der Waals surface area contributed by atoms with E-state index in [2.05, 4.69) is 10.2 Å². The van der Waals surface area contributed by atoms with Gasteiger partial charge in [0.05, 0.1) is 11.5 Å². The van der Waals surface area contributed by atoms with Crippen molar-refractivity contribution in [2.45, 2.75) is 37.8 Å². The highest BCUT2D eigenvalue weighted by Gasteiger charge is 2.31. The molecule has 1 aliphatic heterocycles. The van der Waals surface area contributed by atoms with Crippen molar-refractivity contribution in [3.8, 4) is 0 Å². The normalized spacial score (nSPS) is 21.8. The van der Waals surface area contributed by atoms with Crippen LogP contribution in [0.4, 0.5) is 0 Å². The van der Waals surface area contributed by atoms with E-state index in [4.69, 9.17) is 5.11 Å². The lowest BCUT2D eigenvalue weighted by atomic mass is 10.1. The third kappa shape index (κ3) is 4.49. The van der Waals surface area contributed by atoms with Crippen molar-refractivity contribution in [1.82, 2.24) is 10.2 Å². The Morgan fingerprint density at radius 3 is 2.39 bits per heavy atom. The SMILES string of the molecule is O=C(O)CSCC(=O)NC1CCN(C2CC2)CC1. The maximum absolute atomic E-state index is 11.6. The first kappa shape index (κ1) is 13.7. The number of aliphatic carboxylic acids is 1. The van der Waals surface area contributed by atoms with Crippen LogP contribution >= 0.6 is 11.8 Å². The van der Waals surface area contributed by atoms with E-state index in [1.54, 1.807) is 0 Å². The average Bonchev–Trinajstić information content (AvgIpc) is 3.13. The zero-order valence-electron chi connectivity index (χ0n) is 10.4. The van der Waals surface area contributed by atoms with Gasteiger partial charge in [-0.3, -0.25) is 9.59 Å². The number of carbonyl (C=O) groups is 2. The van der Waals surface area contributed by atoms with E-state index in [-0.39, 0.29) is 23.5 Å². The minimum atomic E-state index is -0.870. The van der Waals surface area contributed by atoms with E-state index in [1.165, 1.54) is 12.8 Å². The molecule has 0 spiro atoms. The average molecular weight is 272 g/mol. The molecule has 2 rings (SSSR count). The lowest BCUT2D eigenvalue weighted by Gasteiger charge is -2.32. The lowest BCUT2D eigenvalue weighted by Crippen LogP contribution is -2.45. The number of amides is 1. The quantitative estimate of drug-likeness (QED) is 0.739. The van der Waals surface area contributed by atoms with Crippen molar-refractivity contribution in [3.05, 3.63) is 0 Å². The molecule has 2 aliphatic rings. The smallest absolute Gasteiger partial charge is 0.313 e. The monoisotopic (exact) mass is 272 g/mol. The molecular weight excluding hydrogens is 252 g/mol. The van der Waals surface area contributed by atoms with Crippen LogP contribution in [0.3, 0.4) is 0 Å². The second-order valence-corrected chi connectivity index (χ2v) is 5.98. The van der Waals surface area contributed by atoms with Crippen LogP contribution in [0.5, 0.6) is 0 Å². The van der Waals surface area contributed by atoms with Crippen LogP contribution in [0, 0.1) is 0 Å². The van der Waals surface area contributed by atoms with Gasteiger partial charge in [-0.25, -0.2) is 0 Å². The van der Waals surface area contributed by atoms with E-state index < -0.39 is 5.97 Å². The van der Waals surface area contributed by atoms with Gasteiger partial charge in [0.1, 0.15) is 0 Å². The summed E-state index contributed by atoms with van der Waals surface area (Å²) in [4.78, 5) is 24.4. The summed E-state index contributed by atoms with van der Waals surface area (Å²) in [6.07, 6.45) is 4.71. The number of hydrogen-bond donors (Lipinski definition) is 2. The molecule has 0 aromatic carbocycles. The maximum atomic E-state index is 11.6. The largest absolute Gasteiger partial charge is 0.481 e. The van der Waals surface area contributed by atoms with E-state index in [9.17, 15) is 9.59 Å². The number of rotatable bonds is 6. The van der Waals surface area contributed by atoms with Crippen LogP contribution in [-0.4, -0.2) is 58.6 Å². The number of hydrogen-bond acceptors (Lipinski definition) is 4. The zero-order chi connectivity index (χ0) is 13.0. The molecular formula is C12H20N2O3S. The summed E-state index contributed by atoms with van der Waals surface area (Å²) in [5.41, 5.74) is 0. The Kier molecular flexibility index (Phi) is 4.88. The van der Waals surface area contributed by atoms with E-state index in [0.29, 0.717) is 0 Å². The minimum Gasteiger partial charge on any atom is -0.481 e. The van der Waals surface area contributed by atoms with Crippen molar-refractivity contribution in [3.63, 3.8) is 0 Å². The van der Waals surface area contributed by atoms with Gasteiger partial charge in [0.2, 0.25) is 5.91 Å². The molecule has 1 aliphatic carbocycles. The van der Waals surface area contributed by atoms with E-state index in [0.717, 1.165) is 43.7 Å². The maximum Gasteiger partial charge on any atom is 0.313 e. The number of nitrogens with zero attached hydrogens (tertiary/aromatic N) is 1. The van der Waals surface area contributed by atoms with Crippen molar-refractivity contribution >= 4 is 23.6 Å². The summed E-state index contributed by atoms with van der Waals surface area (Å²) in [7, 11) is 0. The van der Waals surface area contributed by atoms with E-state index >= 15 is 0 Å². The van der Waals surface area contributed by atoms with Crippen LogP contribution in [0.2, 0.25) is 0 Å². The molecule has 0 bridgehead atoms. The molecule has 2 fully saturated rings. The Labute approximate surface area is 111 Å². The summed E-state index contributed by atoms with van der Waals surface area (Å²) in [6.45, 7) is 2.16. The number of thioether (sulfide) groups is 1. The molecule has 1 amide bonds. The Morgan fingerprint density at radius 2 is 1.83 bits per heavy atom. The highest BCUT2D eigenvalue weighted by Crippen LogP contribution is 2.29. The molecule has 0 atom stereocenters. The molecule has 1 saturated carbocycles. The standard InChI is InChI=1S/C12H20N2O3S/c15-11(7-18-8-12(16)17)13-9-3-5-14(6-4-9)10-1-2-10/h9-10H,1-8H2,(H,13,15)(H,16,17). The first-order valence-corrected chi connectivity index (χ1v) is 7.63. The lowest BCUT2D eigenvalue weighted by molar-refractivity contribution is -0.133. The molecule has 0 radical (unpaired) electrons. The summed E-state index contributed by atoms with van der Waals surface area (Å²) >= 11 is 1.15. The third-order valence-corrected chi connectivity index (χ3v) is 4.33. The first-order chi connectivity index (χ1) is 8.65. The van der Waals surface area contributed by atoms with Crippen molar-refractivity contribution in [1.29, 1.82) is 0 Å². The van der Waals surface area contributed by atoms with Gasteiger partial charge < -0.3 is 15.3 Å². The van der Waals surface area contributed by atoms with Crippen LogP contribution in [-0.2, 0) is 9.59 Å². The van der Waals surface area contributed by atoms with Crippen LogP contribution in [0.25, 0.3) is 0 Å². The molecule has 0 unspecified atom stereocenters. The second kappa shape index (κ2) is 6.43. The minimum absolute atomic E-state index is 0.00640. The molecule has 1 heterocycles. The topological polar surface area (TPSA) is 69.6 Å². The van der Waals surface area contributed by atoms with Gasteiger partial charge in [0.25, 0.3) is 0 Å². The van der Waals surface area contributed by atoms with Gasteiger partial charge in [-0.15, -0.1) is 11.8 Å². The van der Waals surface area contributed by atoms with Gasteiger partial charge >= 0.3 is 5.97 Å². The highest BCUT2D eigenvalue weighted by molar-refractivity contribution is 8.00. The Hall–Kier alpha value is -0.750. The Bertz CT molecular complexity index is 312. The fourth-order valence-corrected chi connectivity index (χ4v) is 2.89. The number of carboxylic acids is 1. The van der Waals surface area contributed by atoms with Crippen LogP contribution < -0.4 is 5.32 Å². The molecule has 5 nitrogen and oxygen atoms in total. The van der Waals surface area contributed by atoms with Gasteiger partial charge in [-0.1, -0.05) is 0 Å². The fraction of sp³-hybridized carbons (Fsp3) is 0.833. The number of nitrogens with one attached hydrogen (secondary N) is 1. The molecule has 18 heavy (non-hydrogen) atoms. The summed E-state index contributed by atoms with van der Waals surface area (Å²) in [5.74, 6) is -0.667. The van der Waals surface area contributed by atoms with Gasteiger partial charge in [0.15, 0.2) is 0 Å². The molecule has 1 saturated heterocycles. The molecule has 2 N–H and O–H groups in total. The molecule has 102 valence electrons. The fourth-order valence-electron chi connectivity index (χ4n) is 2.35. The van der Waals surface area contributed by atoms with Crippen molar-refractivity contribution < 1.29 is 14.7 Å². The van der Waals surface area contributed by atoms with Crippen LogP contribution in [0.1, 0.15) is 25.7 Å². The highest BCUT2D eigenvalue weighted by atomic mass is 32.2. The summed E-state index contributed by atoms with van der Waals surface area (Å²) < 4.78 is 0. The molecule has 0 aromatic heterocycles. The Morgan fingerprint density at radius 1 is 1.17 bits per heavy atom. The number of likely N-dealkylation sites (tertiary alicyclic amines) is 1. The summed E-state index contributed by atoms with van der Waals surface area (Å²) in [6, 6.07) is 1.09. The van der Waals surface area contributed by atoms with Crippen LogP contribution in [0.15, 0.2) is 0 Å². The number of carboxylic acid groups (broad SMARTS) is 1. The van der Waals surface area contributed by atoms with Gasteiger partial charge in [0, 0.05) is 25.2 Å². The van der Waals surface area contributed by atoms with Gasteiger partial charge in [-0.05, 0) is 25.7 Å². The first-order valence-electron chi connectivity index (χ1n) is 6.48. The van der Waals surface area contributed by atoms with Crippen molar-refractivity contribution in [2.24, 2.45) is 0 Å². The Balaban J connectivity index is 1.58. The predicted molar refractivity (Wildman–Crippen MR) is 70.7 cm³/mol. The third-order valence-electron chi connectivity index (χ3n) is 3.42. The van der Waals surface area contributed by atoms with Gasteiger partial charge in [-0.2, -0.15) is 0 Å². The predicted octanol–water partition coefficient (Wildman–Crippen LogP) is 0.547.